The van der Waals surface area contributed by atoms with Crippen LogP contribution in [0.5, 0.6) is 10.8 Å². The maximum Gasteiger partial charge on any atom is 0.471 e. The van der Waals surface area contributed by atoms with E-state index >= 15 is 0 Å². The fourth-order valence-corrected chi connectivity index (χ4v) is 4.45. The lowest BCUT2D eigenvalue weighted by Gasteiger charge is -2.20. The molecule has 0 spiro atoms. The molecule has 3 atom stereocenters. The second kappa shape index (κ2) is 7.68. The number of hydrogen-bond acceptors (Lipinski definition) is 5. The fraction of sp³-hybridized carbons (Fsp3) is 0.368. The van der Waals surface area contributed by atoms with Gasteiger partial charge in [-0.25, -0.2) is 0 Å². The standard InChI is InChI=1S/C19H18F3N3O3S/c20-19(21,22)18(27)25-12-3-1-2-4-14(12)28-16-8-7-15(29-16)17(26)24-13-9-10-5-6-11(13)23-10/h1-4,7-8,10-11,13,23H,5-6,9H2,(H,24,26)(H,25,27)/t10-,11+,13-/m1/s1. The second-order valence-electron chi connectivity index (χ2n) is 7.03. The van der Waals surface area contributed by atoms with Crippen LogP contribution in [0, 0.1) is 0 Å². The molecule has 0 unspecified atom stereocenters. The fourth-order valence-electron chi connectivity index (χ4n) is 3.68. The zero-order chi connectivity index (χ0) is 20.6. The van der Waals surface area contributed by atoms with Crippen molar-refractivity contribution < 1.29 is 27.5 Å². The van der Waals surface area contributed by atoms with Crippen LogP contribution in [0.15, 0.2) is 36.4 Å². The number of benzene rings is 1. The Morgan fingerprint density at radius 2 is 1.93 bits per heavy atom. The molecule has 2 amide bonds. The van der Waals surface area contributed by atoms with Gasteiger partial charge >= 0.3 is 12.1 Å². The van der Waals surface area contributed by atoms with Gasteiger partial charge in [0.1, 0.15) is 0 Å². The maximum atomic E-state index is 12.5. The normalized spacial score (nSPS) is 23.1. The van der Waals surface area contributed by atoms with E-state index in [1.54, 1.807) is 23.5 Å². The van der Waals surface area contributed by atoms with Crippen LogP contribution in [0.2, 0.25) is 0 Å². The molecule has 154 valence electrons. The van der Waals surface area contributed by atoms with E-state index in [2.05, 4.69) is 10.6 Å². The molecule has 0 aliphatic carbocycles. The number of thiophene rings is 1. The minimum Gasteiger partial charge on any atom is -0.444 e. The van der Waals surface area contributed by atoms with Gasteiger partial charge < -0.3 is 20.7 Å². The van der Waals surface area contributed by atoms with Crippen molar-refractivity contribution >= 4 is 28.8 Å². The summed E-state index contributed by atoms with van der Waals surface area (Å²) in [6, 6.07) is 9.85. The first-order chi connectivity index (χ1) is 13.8. The summed E-state index contributed by atoms with van der Waals surface area (Å²) < 4.78 is 43.1. The van der Waals surface area contributed by atoms with Crippen molar-refractivity contribution in [3.05, 3.63) is 41.3 Å². The number of ether oxygens (including phenoxy) is 1. The Balaban J connectivity index is 1.41. The van der Waals surface area contributed by atoms with Crippen LogP contribution in [0.4, 0.5) is 18.9 Å². The van der Waals surface area contributed by atoms with Gasteiger partial charge in [0.15, 0.2) is 10.8 Å². The van der Waals surface area contributed by atoms with Crippen molar-refractivity contribution in [2.45, 2.75) is 43.6 Å². The summed E-state index contributed by atoms with van der Waals surface area (Å²) in [5, 5.41) is 8.61. The summed E-state index contributed by atoms with van der Waals surface area (Å²) >= 11 is 1.08. The van der Waals surface area contributed by atoms with Crippen molar-refractivity contribution in [3.8, 4) is 10.8 Å². The largest absolute Gasteiger partial charge is 0.471 e. The van der Waals surface area contributed by atoms with Crippen LogP contribution in [0.1, 0.15) is 28.9 Å². The third-order valence-electron chi connectivity index (χ3n) is 5.02. The van der Waals surface area contributed by atoms with Gasteiger partial charge in [0, 0.05) is 18.1 Å². The Kier molecular flexibility index (Phi) is 5.22. The minimum atomic E-state index is -5.00. The Bertz CT molecular complexity index is 931. The van der Waals surface area contributed by atoms with Crippen LogP contribution < -0.4 is 20.7 Å². The van der Waals surface area contributed by atoms with E-state index in [0.29, 0.717) is 22.0 Å². The lowest BCUT2D eigenvalue weighted by atomic mass is 9.95. The van der Waals surface area contributed by atoms with Crippen LogP contribution in [0.25, 0.3) is 0 Å². The molecule has 2 bridgehead atoms. The predicted molar refractivity (Wildman–Crippen MR) is 101 cm³/mol. The van der Waals surface area contributed by atoms with Crippen LogP contribution >= 0.6 is 11.3 Å². The molecule has 10 heteroatoms. The van der Waals surface area contributed by atoms with E-state index < -0.39 is 12.1 Å². The molecule has 2 fully saturated rings. The molecule has 0 radical (unpaired) electrons. The van der Waals surface area contributed by atoms with Crippen molar-refractivity contribution in [1.82, 2.24) is 10.6 Å². The number of hydrogen-bond donors (Lipinski definition) is 3. The Morgan fingerprint density at radius 3 is 2.62 bits per heavy atom. The molecule has 2 aromatic rings. The number of carbonyl (C=O) groups is 2. The zero-order valence-electron chi connectivity index (χ0n) is 15.1. The van der Waals surface area contributed by atoms with E-state index in [1.165, 1.54) is 18.2 Å². The smallest absolute Gasteiger partial charge is 0.444 e. The molecule has 4 rings (SSSR count). The van der Waals surface area contributed by atoms with Gasteiger partial charge in [-0.05, 0) is 43.5 Å². The van der Waals surface area contributed by atoms with Crippen molar-refractivity contribution in [2.24, 2.45) is 0 Å². The molecule has 3 heterocycles. The third kappa shape index (κ3) is 4.38. The number of alkyl halides is 3. The van der Waals surface area contributed by atoms with Gasteiger partial charge in [-0.2, -0.15) is 13.2 Å². The number of para-hydroxylation sites is 2. The summed E-state index contributed by atoms with van der Waals surface area (Å²) in [6.45, 7) is 0. The summed E-state index contributed by atoms with van der Waals surface area (Å²) in [5.41, 5.74) is -0.109. The number of nitrogens with one attached hydrogen (secondary N) is 3. The van der Waals surface area contributed by atoms with Gasteiger partial charge in [0.05, 0.1) is 10.6 Å². The molecule has 6 nitrogen and oxygen atoms in total. The van der Waals surface area contributed by atoms with Gasteiger partial charge in [0.2, 0.25) is 0 Å². The molecule has 3 N–H and O–H groups in total. The van der Waals surface area contributed by atoms with E-state index in [4.69, 9.17) is 4.74 Å². The highest BCUT2D eigenvalue weighted by Gasteiger charge is 2.40. The number of rotatable bonds is 5. The number of fused-ring (bicyclic) bond motifs is 2. The average molecular weight is 425 g/mol. The molecule has 0 saturated carbocycles. The van der Waals surface area contributed by atoms with Crippen LogP contribution in [0.3, 0.4) is 0 Å². The number of amides is 2. The van der Waals surface area contributed by atoms with Crippen molar-refractivity contribution in [3.63, 3.8) is 0 Å². The third-order valence-corrected chi connectivity index (χ3v) is 5.99. The quantitative estimate of drug-likeness (QED) is 0.683. The highest BCUT2D eigenvalue weighted by molar-refractivity contribution is 7.15. The molecule has 2 aliphatic heterocycles. The highest BCUT2D eigenvalue weighted by atomic mass is 32.1. The van der Waals surface area contributed by atoms with Crippen LogP contribution in [-0.2, 0) is 4.79 Å². The summed E-state index contributed by atoms with van der Waals surface area (Å²) in [5.74, 6) is -2.24. The monoisotopic (exact) mass is 425 g/mol. The number of anilines is 1. The van der Waals surface area contributed by atoms with Gasteiger partial charge in [-0.15, -0.1) is 0 Å². The van der Waals surface area contributed by atoms with E-state index in [-0.39, 0.29) is 23.4 Å². The first-order valence-corrected chi connectivity index (χ1v) is 9.93. The first kappa shape index (κ1) is 19.7. The second-order valence-corrected chi connectivity index (χ2v) is 8.08. The Hall–Kier alpha value is -2.59. The van der Waals surface area contributed by atoms with Gasteiger partial charge in [-0.1, -0.05) is 23.5 Å². The Labute approximate surface area is 168 Å². The molecular formula is C19H18F3N3O3S. The average Bonchev–Trinajstić information content (AvgIpc) is 3.39. The summed E-state index contributed by atoms with van der Waals surface area (Å²) in [7, 11) is 0. The molecule has 1 aromatic heterocycles. The SMILES string of the molecule is O=C(N[C@@H]1C[C@H]2CC[C@@H]1N2)c1ccc(Oc2ccccc2NC(=O)C(F)(F)F)s1. The minimum absolute atomic E-state index is 0.0520. The van der Waals surface area contributed by atoms with E-state index in [9.17, 15) is 22.8 Å². The topological polar surface area (TPSA) is 79.5 Å². The molecule has 29 heavy (non-hydrogen) atoms. The number of carbonyl (C=O) groups excluding carboxylic acids is 2. The predicted octanol–water partition coefficient (Wildman–Crippen LogP) is 3.66. The molecule has 1 aromatic carbocycles. The highest BCUT2D eigenvalue weighted by Crippen LogP contribution is 2.35. The van der Waals surface area contributed by atoms with Gasteiger partial charge in [-0.3, -0.25) is 9.59 Å². The molecule has 2 saturated heterocycles. The van der Waals surface area contributed by atoms with Crippen molar-refractivity contribution in [1.29, 1.82) is 0 Å². The Morgan fingerprint density at radius 1 is 1.14 bits per heavy atom. The summed E-state index contributed by atoms with van der Waals surface area (Å²) in [4.78, 5) is 24.1. The first-order valence-electron chi connectivity index (χ1n) is 9.11. The van der Waals surface area contributed by atoms with E-state index in [1.807, 2.05) is 0 Å². The lowest BCUT2D eigenvalue weighted by molar-refractivity contribution is -0.167. The van der Waals surface area contributed by atoms with Crippen molar-refractivity contribution in [2.75, 3.05) is 5.32 Å². The zero-order valence-corrected chi connectivity index (χ0v) is 15.9. The van der Waals surface area contributed by atoms with E-state index in [0.717, 1.165) is 30.6 Å². The maximum absolute atomic E-state index is 12.5. The number of halogens is 3. The molecule has 2 aliphatic rings. The summed E-state index contributed by atoms with van der Waals surface area (Å²) in [6.07, 6.45) is -1.90. The van der Waals surface area contributed by atoms with Crippen LogP contribution in [-0.4, -0.2) is 36.1 Å². The molecular weight excluding hydrogens is 407 g/mol. The van der Waals surface area contributed by atoms with Gasteiger partial charge in [0.25, 0.3) is 5.91 Å². The lowest BCUT2D eigenvalue weighted by Crippen LogP contribution is -2.42.